The van der Waals surface area contributed by atoms with Crippen molar-refractivity contribution in [2.45, 2.75) is 18.2 Å². The van der Waals surface area contributed by atoms with Crippen LogP contribution in [0.3, 0.4) is 0 Å². The number of carboxylic acids is 1. The Hall–Kier alpha value is -0.360. The summed E-state index contributed by atoms with van der Waals surface area (Å²) in [5.41, 5.74) is 4.97. The van der Waals surface area contributed by atoms with Gasteiger partial charge in [0.15, 0.2) is 0 Å². The van der Waals surface area contributed by atoms with Gasteiger partial charge in [-0.3, -0.25) is 4.79 Å². The molecule has 0 unspecified atom stereocenters. The normalized spacial score (nSPS) is 14.5. The first kappa shape index (κ1) is 10.6. The number of alkyl halides is 2. The summed E-state index contributed by atoms with van der Waals surface area (Å²) in [5.74, 6) is -1.54. The maximum absolute atomic E-state index is 12.1. The first-order valence-electron chi connectivity index (χ1n) is 2.83. The zero-order chi connectivity index (χ0) is 9.07. The van der Waals surface area contributed by atoms with Crippen molar-refractivity contribution >= 4 is 17.7 Å². The van der Waals surface area contributed by atoms with E-state index in [4.69, 9.17) is 10.8 Å². The molecule has 0 heterocycles. The summed E-state index contributed by atoms with van der Waals surface area (Å²) in [4.78, 5) is 10.0. The SMILES string of the molecule is CC(F)(F)SC[C@H](N)C(=O)O. The van der Waals surface area contributed by atoms with Crippen molar-refractivity contribution in [3.63, 3.8) is 0 Å². The highest BCUT2D eigenvalue weighted by Gasteiger charge is 2.24. The van der Waals surface area contributed by atoms with Gasteiger partial charge < -0.3 is 10.8 Å². The van der Waals surface area contributed by atoms with Crippen molar-refractivity contribution < 1.29 is 18.7 Å². The molecule has 0 bridgehead atoms. The van der Waals surface area contributed by atoms with Crippen LogP contribution in [-0.2, 0) is 4.79 Å². The van der Waals surface area contributed by atoms with E-state index in [1.165, 1.54) is 0 Å². The topological polar surface area (TPSA) is 63.3 Å². The molecule has 0 aromatic carbocycles. The van der Waals surface area contributed by atoms with Crippen LogP contribution in [0.1, 0.15) is 6.92 Å². The van der Waals surface area contributed by atoms with Gasteiger partial charge in [-0.2, -0.15) is 8.78 Å². The summed E-state index contributed by atoms with van der Waals surface area (Å²) < 4.78 is 24.1. The van der Waals surface area contributed by atoms with Crippen LogP contribution in [0.4, 0.5) is 8.78 Å². The number of rotatable bonds is 4. The van der Waals surface area contributed by atoms with Crippen molar-refractivity contribution in [3.8, 4) is 0 Å². The predicted molar refractivity (Wildman–Crippen MR) is 38.7 cm³/mol. The van der Waals surface area contributed by atoms with E-state index >= 15 is 0 Å². The standard InChI is InChI=1S/C5H9F2NO2S/c1-5(6,7)11-2-3(8)4(9)10/h3H,2,8H2,1H3,(H,9,10)/t3-/m0/s1. The van der Waals surface area contributed by atoms with E-state index in [-0.39, 0.29) is 17.5 Å². The van der Waals surface area contributed by atoms with Gasteiger partial charge in [0.05, 0.1) is 0 Å². The van der Waals surface area contributed by atoms with Crippen LogP contribution in [0, 0.1) is 0 Å². The highest BCUT2D eigenvalue weighted by atomic mass is 32.2. The number of nitrogens with two attached hydrogens (primary N) is 1. The number of hydrogen-bond donors (Lipinski definition) is 2. The fourth-order valence-corrected chi connectivity index (χ4v) is 0.922. The van der Waals surface area contributed by atoms with Gasteiger partial charge in [0.25, 0.3) is 5.25 Å². The molecular weight excluding hydrogens is 176 g/mol. The maximum Gasteiger partial charge on any atom is 0.321 e. The van der Waals surface area contributed by atoms with Crippen LogP contribution in [0.25, 0.3) is 0 Å². The Morgan fingerprint density at radius 3 is 2.55 bits per heavy atom. The molecule has 0 radical (unpaired) electrons. The maximum atomic E-state index is 12.1. The van der Waals surface area contributed by atoms with Crippen LogP contribution in [0.5, 0.6) is 0 Å². The van der Waals surface area contributed by atoms with Crippen molar-refractivity contribution in [1.82, 2.24) is 0 Å². The minimum atomic E-state index is -2.91. The molecule has 6 heteroatoms. The van der Waals surface area contributed by atoms with Crippen molar-refractivity contribution in [2.75, 3.05) is 5.75 Å². The molecule has 11 heavy (non-hydrogen) atoms. The van der Waals surface area contributed by atoms with Gasteiger partial charge in [-0.25, -0.2) is 0 Å². The third-order valence-electron chi connectivity index (χ3n) is 0.834. The number of aliphatic carboxylic acids is 1. The van der Waals surface area contributed by atoms with Crippen LogP contribution in [-0.4, -0.2) is 28.1 Å². The van der Waals surface area contributed by atoms with Crippen molar-refractivity contribution in [2.24, 2.45) is 5.73 Å². The number of carboxylic acid groups (broad SMARTS) is 1. The zero-order valence-electron chi connectivity index (χ0n) is 5.88. The van der Waals surface area contributed by atoms with E-state index < -0.39 is 17.3 Å². The Bertz CT molecular complexity index is 148. The molecule has 0 aliphatic heterocycles. The highest BCUT2D eigenvalue weighted by molar-refractivity contribution is 8.00. The molecule has 0 saturated carbocycles. The fraction of sp³-hybridized carbons (Fsp3) is 0.800. The molecule has 3 N–H and O–H groups in total. The Labute approximate surface area is 66.9 Å². The van der Waals surface area contributed by atoms with Crippen LogP contribution < -0.4 is 5.73 Å². The monoisotopic (exact) mass is 185 g/mol. The molecule has 0 rings (SSSR count). The molecule has 0 amide bonds. The molecule has 0 aliphatic rings. The smallest absolute Gasteiger partial charge is 0.321 e. The minimum absolute atomic E-state index is 0.231. The van der Waals surface area contributed by atoms with E-state index in [9.17, 15) is 13.6 Å². The summed E-state index contributed by atoms with van der Waals surface area (Å²) in [5, 5.41) is 5.29. The van der Waals surface area contributed by atoms with Gasteiger partial charge in [0, 0.05) is 12.7 Å². The molecule has 1 atom stereocenters. The first-order chi connectivity index (χ1) is 4.83. The molecule has 66 valence electrons. The Morgan fingerprint density at radius 2 is 2.27 bits per heavy atom. The number of thioether (sulfide) groups is 1. The molecule has 0 fully saturated rings. The second-order valence-electron chi connectivity index (χ2n) is 2.06. The largest absolute Gasteiger partial charge is 0.480 e. The van der Waals surface area contributed by atoms with Gasteiger partial charge in [0.1, 0.15) is 6.04 Å². The van der Waals surface area contributed by atoms with Crippen molar-refractivity contribution in [3.05, 3.63) is 0 Å². The molecule has 0 aromatic heterocycles. The molecular formula is C5H9F2NO2S. The predicted octanol–water partition coefficient (Wildman–Crippen LogP) is 0.744. The second-order valence-corrected chi connectivity index (χ2v) is 3.40. The first-order valence-corrected chi connectivity index (χ1v) is 3.81. The Morgan fingerprint density at radius 1 is 1.82 bits per heavy atom. The highest BCUT2D eigenvalue weighted by Crippen LogP contribution is 2.27. The molecule has 0 aromatic rings. The minimum Gasteiger partial charge on any atom is -0.480 e. The third kappa shape index (κ3) is 6.05. The summed E-state index contributed by atoms with van der Waals surface area (Å²) in [7, 11) is 0. The summed E-state index contributed by atoms with van der Waals surface area (Å²) in [6.07, 6.45) is 0. The number of carbonyl (C=O) groups is 1. The lowest BCUT2D eigenvalue weighted by Gasteiger charge is -2.10. The van der Waals surface area contributed by atoms with Gasteiger partial charge in [-0.05, 0) is 0 Å². The molecule has 0 spiro atoms. The average molecular weight is 185 g/mol. The van der Waals surface area contributed by atoms with Gasteiger partial charge in [-0.15, -0.1) is 0 Å². The van der Waals surface area contributed by atoms with E-state index in [0.717, 1.165) is 0 Å². The fourth-order valence-electron chi connectivity index (χ4n) is 0.307. The molecule has 3 nitrogen and oxygen atoms in total. The average Bonchev–Trinajstić information content (AvgIpc) is 1.80. The van der Waals surface area contributed by atoms with Crippen LogP contribution >= 0.6 is 11.8 Å². The zero-order valence-corrected chi connectivity index (χ0v) is 6.70. The van der Waals surface area contributed by atoms with Gasteiger partial charge >= 0.3 is 5.97 Å². The van der Waals surface area contributed by atoms with E-state index in [2.05, 4.69) is 0 Å². The lowest BCUT2D eigenvalue weighted by molar-refractivity contribution is -0.137. The van der Waals surface area contributed by atoms with E-state index in [1.807, 2.05) is 0 Å². The lowest BCUT2D eigenvalue weighted by atomic mass is 10.4. The second kappa shape index (κ2) is 3.87. The Balaban J connectivity index is 3.63. The summed E-state index contributed by atoms with van der Waals surface area (Å²) in [6.45, 7) is 0.701. The van der Waals surface area contributed by atoms with E-state index in [0.29, 0.717) is 6.92 Å². The molecule has 0 aliphatic carbocycles. The van der Waals surface area contributed by atoms with Crippen LogP contribution in [0.2, 0.25) is 0 Å². The summed E-state index contributed by atoms with van der Waals surface area (Å²) >= 11 is 0.231. The van der Waals surface area contributed by atoms with Crippen LogP contribution in [0.15, 0.2) is 0 Å². The quantitative estimate of drug-likeness (QED) is 0.678. The van der Waals surface area contributed by atoms with E-state index in [1.54, 1.807) is 0 Å². The third-order valence-corrected chi connectivity index (χ3v) is 1.87. The summed E-state index contributed by atoms with van der Waals surface area (Å²) in [6, 6.07) is -1.22. The van der Waals surface area contributed by atoms with Gasteiger partial charge in [0.2, 0.25) is 0 Å². The Kier molecular flexibility index (Phi) is 3.74. The van der Waals surface area contributed by atoms with Gasteiger partial charge in [-0.1, -0.05) is 11.8 Å². The number of halogens is 2. The lowest BCUT2D eigenvalue weighted by Crippen LogP contribution is -2.33. The number of hydrogen-bond acceptors (Lipinski definition) is 3. The van der Waals surface area contributed by atoms with Crippen molar-refractivity contribution in [1.29, 1.82) is 0 Å². The molecule has 0 saturated heterocycles.